The van der Waals surface area contributed by atoms with Gasteiger partial charge in [0.1, 0.15) is 5.75 Å². The van der Waals surface area contributed by atoms with Crippen molar-refractivity contribution in [2.45, 2.75) is 6.10 Å². The topological polar surface area (TPSA) is 93.8 Å². The Morgan fingerprint density at radius 2 is 2.22 bits per heavy atom. The van der Waals surface area contributed by atoms with Gasteiger partial charge in [-0.15, -0.1) is 0 Å². The monoisotopic (exact) mass is 254 g/mol. The van der Waals surface area contributed by atoms with Gasteiger partial charge in [0, 0.05) is 19.2 Å². The Labute approximate surface area is 106 Å². The van der Waals surface area contributed by atoms with Crippen molar-refractivity contribution in [1.82, 2.24) is 5.32 Å². The maximum Gasteiger partial charge on any atom is 0.251 e. The normalized spacial score (nSPS) is 11.9. The van der Waals surface area contributed by atoms with Crippen LogP contribution < -0.4 is 15.8 Å². The Morgan fingerprint density at radius 3 is 2.78 bits per heavy atom. The molecule has 0 radical (unpaired) electrons. The van der Waals surface area contributed by atoms with Crippen molar-refractivity contribution in [3.8, 4) is 5.75 Å². The minimum absolute atomic E-state index is 0.124. The highest BCUT2D eigenvalue weighted by atomic mass is 16.5. The fourth-order valence-corrected chi connectivity index (χ4v) is 1.44. The molecule has 18 heavy (non-hydrogen) atoms. The van der Waals surface area contributed by atoms with E-state index in [1.807, 2.05) is 0 Å². The summed E-state index contributed by atoms with van der Waals surface area (Å²) >= 11 is 0. The number of rotatable bonds is 6. The summed E-state index contributed by atoms with van der Waals surface area (Å²) < 4.78 is 9.75. The number of amides is 1. The van der Waals surface area contributed by atoms with E-state index in [0.717, 1.165) is 0 Å². The third-order valence-electron chi connectivity index (χ3n) is 2.35. The van der Waals surface area contributed by atoms with E-state index in [9.17, 15) is 9.90 Å². The van der Waals surface area contributed by atoms with Crippen molar-refractivity contribution in [2.24, 2.45) is 0 Å². The largest absolute Gasteiger partial charge is 0.495 e. The first-order chi connectivity index (χ1) is 8.58. The third kappa shape index (κ3) is 3.90. The molecule has 4 N–H and O–H groups in total. The zero-order valence-corrected chi connectivity index (χ0v) is 10.5. The Balaban J connectivity index is 2.59. The molecule has 6 nitrogen and oxygen atoms in total. The molecule has 0 fully saturated rings. The first-order valence-corrected chi connectivity index (χ1v) is 5.47. The van der Waals surface area contributed by atoms with Crippen LogP contribution in [0, 0.1) is 0 Å². The summed E-state index contributed by atoms with van der Waals surface area (Å²) in [6.45, 7) is 0.295. The number of nitrogen functional groups attached to an aromatic ring is 1. The molecule has 0 saturated carbocycles. The first kappa shape index (κ1) is 14.3. The van der Waals surface area contributed by atoms with Gasteiger partial charge in [-0.3, -0.25) is 4.79 Å². The number of hydrogen-bond acceptors (Lipinski definition) is 5. The highest BCUT2D eigenvalue weighted by molar-refractivity contribution is 5.95. The molecule has 1 rings (SSSR count). The summed E-state index contributed by atoms with van der Waals surface area (Å²) in [5.74, 6) is 0.213. The van der Waals surface area contributed by atoms with Gasteiger partial charge in [0.2, 0.25) is 0 Å². The highest BCUT2D eigenvalue weighted by Crippen LogP contribution is 2.21. The van der Waals surface area contributed by atoms with Gasteiger partial charge >= 0.3 is 0 Å². The summed E-state index contributed by atoms with van der Waals surface area (Å²) in [4.78, 5) is 11.7. The van der Waals surface area contributed by atoms with Gasteiger partial charge in [-0.05, 0) is 18.2 Å². The number of aliphatic hydroxyl groups is 1. The summed E-state index contributed by atoms with van der Waals surface area (Å²) in [6, 6.07) is 4.75. The lowest BCUT2D eigenvalue weighted by atomic mass is 10.1. The predicted molar refractivity (Wildman–Crippen MR) is 67.6 cm³/mol. The molecule has 100 valence electrons. The molecule has 0 aliphatic carbocycles. The Morgan fingerprint density at radius 1 is 1.50 bits per heavy atom. The maximum absolute atomic E-state index is 11.7. The zero-order valence-electron chi connectivity index (χ0n) is 10.5. The van der Waals surface area contributed by atoms with Crippen molar-refractivity contribution >= 4 is 11.6 Å². The lowest BCUT2D eigenvalue weighted by Gasteiger charge is -2.11. The van der Waals surface area contributed by atoms with Crippen LogP contribution in [0.25, 0.3) is 0 Å². The van der Waals surface area contributed by atoms with Crippen molar-refractivity contribution in [2.75, 3.05) is 33.1 Å². The van der Waals surface area contributed by atoms with E-state index in [4.69, 9.17) is 15.2 Å². The molecular formula is C12H18N2O4. The van der Waals surface area contributed by atoms with Crippen molar-refractivity contribution in [3.05, 3.63) is 23.8 Å². The van der Waals surface area contributed by atoms with Gasteiger partial charge in [-0.1, -0.05) is 0 Å². The SMILES string of the molecule is COCC(O)CNC(=O)c1ccc(OC)c(N)c1. The van der Waals surface area contributed by atoms with Gasteiger partial charge in [0.15, 0.2) is 0 Å². The predicted octanol–water partition coefficient (Wildman–Crippen LogP) is 0.0145. The number of carbonyl (C=O) groups excluding carboxylic acids is 1. The quantitative estimate of drug-likeness (QED) is 0.622. The van der Waals surface area contributed by atoms with Gasteiger partial charge in [-0.25, -0.2) is 0 Å². The number of methoxy groups -OCH3 is 2. The second-order valence-electron chi connectivity index (χ2n) is 3.78. The van der Waals surface area contributed by atoms with E-state index in [1.165, 1.54) is 20.3 Å². The average Bonchev–Trinajstić information content (AvgIpc) is 2.36. The molecule has 1 aromatic rings. The lowest BCUT2D eigenvalue weighted by Crippen LogP contribution is -2.34. The molecular weight excluding hydrogens is 236 g/mol. The van der Waals surface area contributed by atoms with Crippen LogP contribution in [-0.2, 0) is 4.74 Å². The summed E-state index contributed by atoms with van der Waals surface area (Å²) in [6.07, 6.45) is -0.727. The van der Waals surface area contributed by atoms with E-state index < -0.39 is 6.10 Å². The van der Waals surface area contributed by atoms with E-state index in [2.05, 4.69) is 5.32 Å². The number of benzene rings is 1. The van der Waals surface area contributed by atoms with Crippen LogP contribution in [0.1, 0.15) is 10.4 Å². The second-order valence-corrected chi connectivity index (χ2v) is 3.78. The number of ether oxygens (including phenoxy) is 2. The van der Waals surface area contributed by atoms with Crippen LogP contribution in [0.2, 0.25) is 0 Å². The van der Waals surface area contributed by atoms with Gasteiger partial charge in [0.25, 0.3) is 5.91 Å². The number of aliphatic hydroxyl groups excluding tert-OH is 1. The molecule has 0 spiro atoms. The van der Waals surface area contributed by atoms with Gasteiger partial charge in [0.05, 0.1) is 25.5 Å². The molecule has 1 amide bonds. The molecule has 0 heterocycles. The lowest BCUT2D eigenvalue weighted by molar-refractivity contribution is 0.0610. The van der Waals surface area contributed by atoms with Crippen molar-refractivity contribution < 1.29 is 19.4 Å². The number of nitrogens with one attached hydrogen (secondary N) is 1. The number of carbonyl (C=O) groups is 1. The molecule has 0 bridgehead atoms. The fourth-order valence-electron chi connectivity index (χ4n) is 1.44. The van der Waals surface area contributed by atoms with Crippen LogP contribution >= 0.6 is 0 Å². The van der Waals surface area contributed by atoms with Crippen LogP contribution in [0.3, 0.4) is 0 Å². The summed E-state index contributed by atoms with van der Waals surface area (Å²) in [7, 11) is 2.99. The van der Waals surface area contributed by atoms with Crippen molar-refractivity contribution in [1.29, 1.82) is 0 Å². The molecule has 0 aliphatic rings. The average molecular weight is 254 g/mol. The number of anilines is 1. The smallest absolute Gasteiger partial charge is 0.251 e. The molecule has 1 aromatic carbocycles. The zero-order chi connectivity index (χ0) is 13.5. The Hall–Kier alpha value is -1.79. The number of hydrogen-bond donors (Lipinski definition) is 3. The van der Waals surface area contributed by atoms with Gasteiger partial charge in [-0.2, -0.15) is 0 Å². The first-order valence-electron chi connectivity index (χ1n) is 5.47. The molecule has 1 unspecified atom stereocenters. The highest BCUT2D eigenvalue weighted by Gasteiger charge is 2.10. The Bertz CT molecular complexity index is 409. The molecule has 0 saturated heterocycles. The summed E-state index contributed by atoms with van der Waals surface area (Å²) in [5.41, 5.74) is 6.50. The third-order valence-corrected chi connectivity index (χ3v) is 2.35. The number of nitrogens with two attached hydrogens (primary N) is 1. The van der Waals surface area contributed by atoms with Crippen LogP contribution in [0.4, 0.5) is 5.69 Å². The van der Waals surface area contributed by atoms with Crippen LogP contribution in [0.15, 0.2) is 18.2 Å². The molecule has 0 aliphatic heterocycles. The molecule has 6 heteroatoms. The van der Waals surface area contributed by atoms with E-state index in [0.29, 0.717) is 17.0 Å². The second kappa shape index (κ2) is 6.83. The van der Waals surface area contributed by atoms with E-state index >= 15 is 0 Å². The standard InChI is InChI=1S/C12H18N2O4/c1-17-7-9(15)6-14-12(16)8-3-4-11(18-2)10(13)5-8/h3-5,9,15H,6-7,13H2,1-2H3,(H,14,16). The van der Waals surface area contributed by atoms with Gasteiger partial charge < -0.3 is 25.6 Å². The molecule has 0 aromatic heterocycles. The van der Waals surface area contributed by atoms with Crippen LogP contribution in [0.5, 0.6) is 5.75 Å². The minimum atomic E-state index is -0.727. The minimum Gasteiger partial charge on any atom is -0.495 e. The maximum atomic E-state index is 11.7. The molecule has 1 atom stereocenters. The van der Waals surface area contributed by atoms with E-state index in [-0.39, 0.29) is 19.1 Å². The Kier molecular flexibility index (Phi) is 5.41. The fraction of sp³-hybridized carbons (Fsp3) is 0.417. The van der Waals surface area contributed by atoms with E-state index in [1.54, 1.807) is 12.1 Å². The summed E-state index contributed by atoms with van der Waals surface area (Å²) in [5, 5.41) is 12.0. The van der Waals surface area contributed by atoms with Crippen molar-refractivity contribution in [3.63, 3.8) is 0 Å². The van der Waals surface area contributed by atoms with Crippen LogP contribution in [-0.4, -0.2) is 44.5 Å².